The molecule has 0 heterocycles. The summed E-state index contributed by atoms with van der Waals surface area (Å²) < 4.78 is 0. The normalized spacial score (nSPS) is 11.3. The molecule has 0 unspecified atom stereocenters. The van der Waals surface area contributed by atoms with Gasteiger partial charge in [-0.1, -0.05) is 188 Å². The van der Waals surface area contributed by atoms with Crippen LogP contribution < -0.4 is 0 Å². The van der Waals surface area contributed by atoms with Gasteiger partial charge < -0.3 is 0 Å². The van der Waals surface area contributed by atoms with Gasteiger partial charge in [0, 0.05) is 0 Å². The zero-order valence-corrected chi connectivity index (χ0v) is 26.5. The van der Waals surface area contributed by atoms with E-state index >= 15 is 0 Å². The minimum absolute atomic E-state index is 1.21. The third kappa shape index (κ3) is 4.78. The van der Waals surface area contributed by atoms with Crippen molar-refractivity contribution in [3.8, 4) is 55.6 Å². The molecule has 0 radical (unpaired) electrons. The highest BCUT2D eigenvalue weighted by atomic mass is 14.2. The quantitative estimate of drug-likeness (QED) is 0.171. The lowest BCUT2D eigenvalue weighted by molar-refractivity contribution is 1.58. The molecule has 0 atom stereocenters. The average Bonchev–Trinajstić information content (AvgIpc) is 3.17. The SMILES string of the molecule is c1ccc(-c2ccc(-c3cccc(-c4c5ccccc5c(-c5ccccc5-c5cccc6ccccc56)c5ccccc45)c3)cc2)cc1. The molecule has 48 heavy (non-hydrogen) atoms. The third-order valence-electron chi connectivity index (χ3n) is 9.68. The summed E-state index contributed by atoms with van der Waals surface area (Å²) in [7, 11) is 0. The molecule has 0 aliphatic heterocycles. The van der Waals surface area contributed by atoms with Gasteiger partial charge in [-0.2, -0.15) is 0 Å². The maximum Gasteiger partial charge on any atom is -0.00201 e. The Balaban J connectivity index is 1.25. The van der Waals surface area contributed by atoms with Gasteiger partial charge in [0.15, 0.2) is 0 Å². The number of benzene rings is 9. The van der Waals surface area contributed by atoms with Gasteiger partial charge in [0.25, 0.3) is 0 Å². The van der Waals surface area contributed by atoms with E-state index in [4.69, 9.17) is 0 Å². The van der Waals surface area contributed by atoms with Crippen molar-refractivity contribution in [2.24, 2.45) is 0 Å². The molecule has 9 aromatic carbocycles. The molecule has 0 saturated carbocycles. The van der Waals surface area contributed by atoms with E-state index in [1.807, 2.05) is 0 Å². The highest BCUT2D eigenvalue weighted by molar-refractivity contribution is 6.23. The second kappa shape index (κ2) is 11.8. The molecular weight excluding hydrogens is 577 g/mol. The van der Waals surface area contributed by atoms with Crippen LogP contribution in [0.2, 0.25) is 0 Å². The first-order valence-corrected chi connectivity index (χ1v) is 16.6. The van der Waals surface area contributed by atoms with E-state index in [1.54, 1.807) is 0 Å². The molecule has 0 aliphatic carbocycles. The van der Waals surface area contributed by atoms with E-state index in [9.17, 15) is 0 Å². The second-order valence-electron chi connectivity index (χ2n) is 12.4. The Morgan fingerprint density at radius 3 is 1.31 bits per heavy atom. The smallest absolute Gasteiger partial charge is 0.00201 e. The van der Waals surface area contributed by atoms with Crippen molar-refractivity contribution < 1.29 is 0 Å². The number of hydrogen-bond donors (Lipinski definition) is 0. The van der Waals surface area contributed by atoms with Gasteiger partial charge in [-0.15, -0.1) is 0 Å². The fourth-order valence-electron chi connectivity index (χ4n) is 7.47. The molecule has 0 aromatic heterocycles. The molecule has 0 fully saturated rings. The van der Waals surface area contributed by atoms with E-state index in [2.05, 4.69) is 194 Å². The molecule has 9 aromatic rings. The van der Waals surface area contributed by atoms with E-state index in [1.165, 1.54) is 88.0 Å². The molecule has 0 spiro atoms. The molecule has 0 N–H and O–H groups in total. The van der Waals surface area contributed by atoms with Crippen molar-refractivity contribution >= 4 is 32.3 Å². The van der Waals surface area contributed by atoms with Crippen LogP contribution in [-0.2, 0) is 0 Å². The third-order valence-corrected chi connectivity index (χ3v) is 9.68. The fourth-order valence-corrected chi connectivity index (χ4v) is 7.47. The van der Waals surface area contributed by atoms with Crippen LogP contribution in [0.15, 0.2) is 194 Å². The van der Waals surface area contributed by atoms with E-state index in [0.29, 0.717) is 0 Å². The summed E-state index contributed by atoms with van der Waals surface area (Å²) in [5.41, 5.74) is 12.4. The largest absolute Gasteiger partial charge is 0.0622 e. The molecule has 0 aliphatic rings. The Hall–Kier alpha value is -6.24. The summed E-state index contributed by atoms with van der Waals surface area (Å²) in [6.07, 6.45) is 0. The molecule has 9 rings (SSSR count). The predicted octanol–water partition coefficient (Wildman–Crippen LogP) is 13.5. The summed E-state index contributed by atoms with van der Waals surface area (Å²) in [5, 5.41) is 7.56. The van der Waals surface area contributed by atoms with Crippen LogP contribution >= 0.6 is 0 Å². The number of rotatable bonds is 5. The summed E-state index contributed by atoms with van der Waals surface area (Å²) >= 11 is 0. The van der Waals surface area contributed by atoms with Gasteiger partial charge in [0.05, 0.1) is 0 Å². The van der Waals surface area contributed by atoms with Crippen LogP contribution in [0, 0.1) is 0 Å². The Morgan fingerprint density at radius 2 is 0.625 bits per heavy atom. The molecule has 224 valence electrons. The van der Waals surface area contributed by atoms with Crippen LogP contribution in [0.3, 0.4) is 0 Å². The molecule has 0 bridgehead atoms. The molecule has 0 saturated heterocycles. The first kappa shape index (κ1) is 28.0. The number of fused-ring (bicyclic) bond motifs is 3. The minimum Gasteiger partial charge on any atom is -0.0622 e. The van der Waals surface area contributed by atoms with Gasteiger partial charge in [0.2, 0.25) is 0 Å². The van der Waals surface area contributed by atoms with Crippen LogP contribution in [0.4, 0.5) is 0 Å². The van der Waals surface area contributed by atoms with Gasteiger partial charge in [-0.3, -0.25) is 0 Å². The Morgan fingerprint density at radius 1 is 0.208 bits per heavy atom. The summed E-state index contributed by atoms with van der Waals surface area (Å²) in [6.45, 7) is 0. The van der Waals surface area contributed by atoms with Crippen molar-refractivity contribution in [3.63, 3.8) is 0 Å². The lowest BCUT2D eigenvalue weighted by atomic mass is 9.83. The Labute approximate surface area is 281 Å². The van der Waals surface area contributed by atoms with Crippen LogP contribution in [0.25, 0.3) is 88.0 Å². The van der Waals surface area contributed by atoms with Crippen molar-refractivity contribution in [2.45, 2.75) is 0 Å². The van der Waals surface area contributed by atoms with E-state index in [0.717, 1.165) is 0 Å². The summed E-state index contributed by atoms with van der Waals surface area (Å²) in [5.74, 6) is 0. The molecule has 0 heteroatoms. The number of hydrogen-bond acceptors (Lipinski definition) is 0. The van der Waals surface area contributed by atoms with E-state index in [-0.39, 0.29) is 0 Å². The highest BCUT2D eigenvalue weighted by Gasteiger charge is 2.19. The van der Waals surface area contributed by atoms with Gasteiger partial charge in [0.1, 0.15) is 0 Å². The highest BCUT2D eigenvalue weighted by Crippen LogP contribution is 2.47. The average molecular weight is 609 g/mol. The monoisotopic (exact) mass is 608 g/mol. The first-order chi connectivity index (χ1) is 23.8. The second-order valence-corrected chi connectivity index (χ2v) is 12.4. The Bertz CT molecular complexity index is 2530. The van der Waals surface area contributed by atoms with Gasteiger partial charge >= 0.3 is 0 Å². The Kier molecular flexibility index (Phi) is 6.91. The van der Waals surface area contributed by atoms with Gasteiger partial charge in [-0.25, -0.2) is 0 Å². The predicted molar refractivity (Wildman–Crippen MR) is 206 cm³/mol. The fraction of sp³-hybridized carbons (Fsp3) is 0. The van der Waals surface area contributed by atoms with Crippen LogP contribution in [0.5, 0.6) is 0 Å². The van der Waals surface area contributed by atoms with Gasteiger partial charge in [-0.05, 0) is 94.0 Å². The minimum atomic E-state index is 1.21. The standard InChI is InChI=1S/C48H32/c1-2-14-33(15-3-1)34-28-30-35(31-29-34)37-18-12-19-38(32-37)47-43-23-8-10-25-45(43)48(46-26-11-9-24-44(46)47)42-22-7-6-21-41(42)40-27-13-17-36-16-4-5-20-39(36)40/h1-32H. The molecule has 0 amide bonds. The molecule has 0 nitrogen and oxygen atoms in total. The lowest BCUT2D eigenvalue weighted by Gasteiger charge is -2.20. The summed E-state index contributed by atoms with van der Waals surface area (Å²) in [6, 6.07) is 70.7. The van der Waals surface area contributed by atoms with Crippen molar-refractivity contribution in [1.29, 1.82) is 0 Å². The first-order valence-electron chi connectivity index (χ1n) is 16.6. The zero-order chi connectivity index (χ0) is 31.9. The van der Waals surface area contributed by atoms with Crippen molar-refractivity contribution in [3.05, 3.63) is 194 Å². The van der Waals surface area contributed by atoms with E-state index < -0.39 is 0 Å². The maximum atomic E-state index is 2.36. The molecular formula is C48H32. The summed E-state index contributed by atoms with van der Waals surface area (Å²) in [4.78, 5) is 0. The van der Waals surface area contributed by atoms with Crippen LogP contribution in [-0.4, -0.2) is 0 Å². The lowest BCUT2D eigenvalue weighted by Crippen LogP contribution is -1.93. The zero-order valence-electron chi connectivity index (χ0n) is 26.5. The van der Waals surface area contributed by atoms with Crippen molar-refractivity contribution in [2.75, 3.05) is 0 Å². The topological polar surface area (TPSA) is 0 Å². The van der Waals surface area contributed by atoms with Crippen LogP contribution in [0.1, 0.15) is 0 Å². The van der Waals surface area contributed by atoms with Crippen molar-refractivity contribution in [1.82, 2.24) is 0 Å². The maximum absolute atomic E-state index is 2.36.